The van der Waals surface area contributed by atoms with Crippen molar-refractivity contribution in [2.45, 2.75) is 0 Å². The molecule has 0 aliphatic heterocycles. The lowest BCUT2D eigenvalue weighted by Crippen LogP contribution is -1.90. The Labute approximate surface area is 292 Å². The molecule has 0 unspecified atom stereocenters. The second-order valence-electron chi connectivity index (χ2n) is 13.2. The average molecular weight is 653 g/mol. The summed E-state index contributed by atoms with van der Waals surface area (Å²) in [7, 11) is 0. The zero-order valence-electron chi connectivity index (χ0n) is 27.0. The summed E-state index contributed by atoms with van der Waals surface area (Å²) in [5.74, 6) is 0. The summed E-state index contributed by atoms with van der Waals surface area (Å²) in [6, 6.07) is 61.9. The highest BCUT2D eigenvalue weighted by molar-refractivity contribution is 7.25. The van der Waals surface area contributed by atoms with Crippen LogP contribution in [-0.4, -0.2) is 0 Å². The molecule has 1 nitrogen and oxygen atoms in total. The molecule has 0 N–H and O–H groups in total. The van der Waals surface area contributed by atoms with Gasteiger partial charge >= 0.3 is 0 Å². The van der Waals surface area contributed by atoms with E-state index in [9.17, 15) is 0 Å². The molecule has 232 valence electrons. The fourth-order valence-electron chi connectivity index (χ4n) is 8.11. The summed E-state index contributed by atoms with van der Waals surface area (Å²) in [4.78, 5) is 0. The molecular formula is C48H28OS. The van der Waals surface area contributed by atoms with Crippen LogP contribution in [0.25, 0.3) is 108 Å². The molecule has 2 heterocycles. The first kappa shape index (κ1) is 27.7. The number of fused-ring (bicyclic) bond motifs is 9. The smallest absolute Gasteiger partial charge is 0.136 e. The molecule has 0 saturated heterocycles. The minimum atomic E-state index is 0.904. The molecule has 0 radical (unpaired) electrons. The van der Waals surface area contributed by atoms with Crippen LogP contribution < -0.4 is 0 Å². The standard InChI is InChI=1S/C48H28OS/c1-2-10-29(11-3-1)47-37-14-6-8-16-39(37)48(40-17-9-7-15-38(40)47)34-19-22-36-35-21-18-33(26-43(35)49-44(36)27-34)32-20-23-45-41(25-32)42-24-30-12-4-5-13-31(30)28-46(42)50-45/h1-28H. The van der Waals surface area contributed by atoms with Crippen LogP contribution in [0.3, 0.4) is 0 Å². The van der Waals surface area contributed by atoms with E-state index in [1.807, 2.05) is 11.3 Å². The summed E-state index contributed by atoms with van der Waals surface area (Å²) in [5, 5.41) is 12.5. The van der Waals surface area contributed by atoms with E-state index in [4.69, 9.17) is 4.42 Å². The van der Waals surface area contributed by atoms with Gasteiger partial charge in [-0.05, 0) is 114 Å². The maximum Gasteiger partial charge on any atom is 0.136 e. The van der Waals surface area contributed by atoms with Crippen LogP contribution in [0.4, 0.5) is 0 Å². The fourth-order valence-corrected chi connectivity index (χ4v) is 9.23. The Bertz CT molecular complexity index is 3090. The fraction of sp³-hybridized carbons (Fsp3) is 0. The molecular weight excluding hydrogens is 625 g/mol. The van der Waals surface area contributed by atoms with Gasteiger partial charge in [0.25, 0.3) is 0 Å². The Hall–Kier alpha value is -6.22. The highest BCUT2D eigenvalue weighted by atomic mass is 32.1. The van der Waals surface area contributed by atoms with Crippen molar-refractivity contribution in [2.75, 3.05) is 0 Å². The summed E-state index contributed by atoms with van der Waals surface area (Å²) in [5.41, 5.74) is 9.08. The molecule has 11 aromatic rings. The van der Waals surface area contributed by atoms with Gasteiger partial charge in [0.1, 0.15) is 11.2 Å². The minimum absolute atomic E-state index is 0.904. The van der Waals surface area contributed by atoms with Crippen molar-refractivity contribution in [3.05, 3.63) is 170 Å². The minimum Gasteiger partial charge on any atom is -0.456 e. The van der Waals surface area contributed by atoms with Gasteiger partial charge in [0.2, 0.25) is 0 Å². The summed E-state index contributed by atoms with van der Waals surface area (Å²) < 4.78 is 9.33. The second-order valence-corrected chi connectivity index (χ2v) is 14.3. The Morgan fingerprint density at radius 1 is 0.300 bits per heavy atom. The molecule has 0 aliphatic carbocycles. The molecule has 0 aliphatic rings. The molecule has 0 amide bonds. The van der Waals surface area contributed by atoms with E-state index < -0.39 is 0 Å². The molecule has 0 saturated carbocycles. The van der Waals surface area contributed by atoms with Crippen molar-refractivity contribution >= 4 is 85.8 Å². The topological polar surface area (TPSA) is 13.1 Å². The van der Waals surface area contributed by atoms with Crippen LogP contribution in [0.5, 0.6) is 0 Å². The Morgan fingerprint density at radius 2 is 0.800 bits per heavy atom. The molecule has 0 fully saturated rings. The van der Waals surface area contributed by atoms with E-state index in [2.05, 4.69) is 170 Å². The molecule has 9 aromatic carbocycles. The van der Waals surface area contributed by atoms with Gasteiger partial charge in [-0.15, -0.1) is 11.3 Å². The largest absolute Gasteiger partial charge is 0.456 e. The molecule has 0 atom stereocenters. The van der Waals surface area contributed by atoms with Gasteiger partial charge in [-0.3, -0.25) is 0 Å². The number of benzene rings is 9. The van der Waals surface area contributed by atoms with E-state index in [-0.39, 0.29) is 0 Å². The van der Waals surface area contributed by atoms with Crippen molar-refractivity contribution in [3.8, 4) is 33.4 Å². The van der Waals surface area contributed by atoms with Crippen LogP contribution in [0.1, 0.15) is 0 Å². The Balaban J connectivity index is 1.06. The third-order valence-electron chi connectivity index (χ3n) is 10.4. The van der Waals surface area contributed by atoms with Crippen LogP contribution >= 0.6 is 11.3 Å². The van der Waals surface area contributed by atoms with Crippen LogP contribution in [-0.2, 0) is 0 Å². The van der Waals surface area contributed by atoms with E-state index in [0.29, 0.717) is 0 Å². The zero-order chi connectivity index (χ0) is 32.8. The van der Waals surface area contributed by atoms with Crippen LogP contribution in [0.2, 0.25) is 0 Å². The van der Waals surface area contributed by atoms with Crippen LogP contribution in [0.15, 0.2) is 174 Å². The first-order valence-electron chi connectivity index (χ1n) is 17.1. The van der Waals surface area contributed by atoms with Crippen LogP contribution in [0, 0.1) is 0 Å². The average Bonchev–Trinajstić information content (AvgIpc) is 3.72. The Kier molecular flexibility index (Phi) is 5.89. The van der Waals surface area contributed by atoms with E-state index in [1.165, 1.54) is 74.7 Å². The lowest BCUT2D eigenvalue weighted by Gasteiger charge is -2.17. The van der Waals surface area contributed by atoms with E-state index >= 15 is 0 Å². The zero-order valence-corrected chi connectivity index (χ0v) is 27.8. The molecule has 11 rings (SSSR count). The van der Waals surface area contributed by atoms with Gasteiger partial charge in [-0.1, -0.05) is 121 Å². The van der Waals surface area contributed by atoms with Crippen molar-refractivity contribution in [1.82, 2.24) is 0 Å². The first-order chi connectivity index (χ1) is 24.8. The molecule has 2 aromatic heterocycles. The van der Waals surface area contributed by atoms with Crippen molar-refractivity contribution in [2.24, 2.45) is 0 Å². The highest BCUT2D eigenvalue weighted by Gasteiger charge is 2.18. The number of hydrogen-bond acceptors (Lipinski definition) is 2. The number of hydrogen-bond donors (Lipinski definition) is 0. The predicted molar refractivity (Wildman–Crippen MR) is 215 cm³/mol. The highest BCUT2D eigenvalue weighted by Crippen LogP contribution is 2.45. The van der Waals surface area contributed by atoms with E-state index in [0.717, 1.165) is 33.1 Å². The normalized spacial score (nSPS) is 12.0. The van der Waals surface area contributed by atoms with Gasteiger partial charge in [0, 0.05) is 30.9 Å². The quantitative estimate of drug-likeness (QED) is 0.173. The lowest BCUT2D eigenvalue weighted by molar-refractivity contribution is 0.669. The van der Waals surface area contributed by atoms with Crippen molar-refractivity contribution < 1.29 is 4.42 Å². The molecule has 0 spiro atoms. The second kappa shape index (κ2) is 10.6. The van der Waals surface area contributed by atoms with Gasteiger partial charge in [-0.25, -0.2) is 0 Å². The summed E-state index contributed by atoms with van der Waals surface area (Å²) in [6.07, 6.45) is 0. The number of furan rings is 1. The number of thiophene rings is 1. The SMILES string of the molecule is c1ccc(-c2c3ccccc3c(-c3ccc4c(c3)oc3cc(-c5ccc6sc7cc8ccccc8cc7c6c5)ccc34)c3ccccc23)cc1. The maximum atomic E-state index is 6.69. The van der Waals surface area contributed by atoms with Gasteiger partial charge in [-0.2, -0.15) is 0 Å². The lowest BCUT2D eigenvalue weighted by atomic mass is 9.86. The first-order valence-corrected chi connectivity index (χ1v) is 17.9. The Morgan fingerprint density at radius 3 is 1.48 bits per heavy atom. The monoisotopic (exact) mass is 652 g/mol. The predicted octanol–water partition coefficient (Wildman–Crippen LogP) is 14.4. The molecule has 0 bridgehead atoms. The van der Waals surface area contributed by atoms with Crippen molar-refractivity contribution in [3.63, 3.8) is 0 Å². The maximum absolute atomic E-state index is 6.69. The summed E-state index contributed by atoms with van der Waals surface area (Å²) in [6.45, 7) is 0. The third-order valence-corrected chi connectivity index (χ3v) is 11.6. The van der Waals surface area contributed by atoms with Crippen molar-refractivity contribution in [1.29, 1.82) is 0 Å². The van der Waals surface area contributed by atoms with Gasteiger partial charge in [0.05, 0.1) is 0 Å². The van der Waals surface area contributed by atoms with E-state index in [1.54, 1.807) is 0 Å². The summed E-state index contributed by atoms with van der Waals surface area (Å²) >= 11 is 1.87. The third kappa shape index (κ3) is 4.13. The molecule has 2 heteroatoms. The number of rotatable bonds is 3. The van der Waals surface area contributed by atoms with Gasteiger partial charge < -0.3 is 4.42 Å². The molecule has 50 heavy (non-hydrogen) atoms. The van der Waals surface area contributed by atoms with Gasteiger partial charge in [0.15, 0.2) is 0 Å².